The van der Waals surface area contributed by atoms with Crippen LogP contribution >= 0.6 is 11.6 Å². The Morgan fingerprint density at radius 3 is 2.87 bits per heavy atom. The second kappa shape index (κ2) is 8.19. The van der Waals surface area contributed by atoms with Crippen LogP contribution < -0.4 is 10.2 Å². The Morgan fingerprint density at radius 2 is 2.17 bits per heavy atom. The number of halogens is 1. The van der Waals surface area contributed by atoms with E-state index in [2.05, 4.69) is 10.5 Å². The molecule has 0 aliphatic rings. The average molecular weight is 333 g/mol. The summed E-state index contributed by atoms with van der Waals surface area (Å²) in [5.41, 5.74) is 4.39. The van der Waals surface area contributed by atoms with Crippen LogP contribution in [0.3, 0.4) is 0 Å². The minimum atomic E-state index is -0.980. The van der Waals surface area contributed by atoms with Gasteiger partial charge in [-0.15, -0.1) is 0 Å². The third-order valence-electron chi connectivity index (χ3n) is 2.93. The van der Waals surface area contributed by atoms with Crippen molar-refractivity contribution in [3.8, 4) is 5.75 Å². The molecule has 0 bridgehead atoms. The van der Waals surface area contributed by atoms with E-state index in [0.29, 0.717) is 23.1 Å². The number of carbonyl (C=O) groups is 1. The summed E-state index contributed by atoms with van der Waals surface area (Å²) < 4.78 is 5.50. The molecule has 0 saturated carbocycles. The smallest absolute Gasteiger partial charge is 0.335 e. The van der Waals surface area contributed by atoms with E-state index in [0.717, 1.165) is 12.0 Å². The van der Waals surface area contributed by atoms with Crippen LogP contribution in [0, 0.1) is 0 Å². The summed E-state index contributed by atoms with van der Waals surface area (Å²) in [7, 11) is 0. The first kappa shape index (κ1) is 16.8. The molecule has 0 spiro atoms. The number of aromatic carboxylic acids is 1. The molecule has 23 heavy (non-hydrogen) atoms. The van der Waals surface area contributed by atoms with Crippen molar-refractivity contribution >= 4 is 29.5 Å². The number of hydrogen-bond acceptors (Lipinski definition) is 4. The molecule has 2 N–H and O–H groups in total. The average Bonchev–Trinajstić information content (AvgIpc) is 2.54. The lowest BCUT2D eigenvalue weighted by molar-refractivity contribution is 0.0697. The summed E-state index contributed by atoms with van der Waals surface area (Å²) in [6.07, 6.45) is 2.52. The fourth-order valence-electron chi connectivity index (χ4n) is 1.83. The van der Waals surface area contributed by atoms with Gasteiger partial charge in [-0.3, -0.25) is 5.43 Å². The molecule has 0 heterocycles. The van der Waals surface area contributed by atoms with E-state index in [4.69, 9.17) is 21.4 Å². The molecule has 120 valence electrons. The second-order valence-corrected chi connectivity index (χ2v) is 5.20. The van der Waals surface area contributed by atoms with Crippen LogP contribution in [0.15, 0.2) is 47.6 Å². The summed E-state index contributed by atoms with van der Waals surface area (Å²) >= 11 is 6.14. The molecule has 2 aromatic carbocycles. The molecular formula is C17H17ClN2O3. The van der Waals surface area contributed by atoms with Gasteiger partial charge in [-0.1, -0.05) is 24.6 Å². The Balaban J connectivity index is 2.01. The van der Waals surface area contributed by atoms with Crippen molar-refractivity contribution in [3.63, 3.8) is 0 Å². The van der Waals surface area contributed by atoms with Crippen LogP contribution in [0.2, 0.25) is 5.02 Å². The van der Waals surface area contributed by atoms with Crippen LogP contribution in [-0.4, -0.2) is 23.9 Å². The topological polar surface area (TPSA) is 70.9 Å². The van der Waals surface area contributed by atoms with Crippen molar-refractivity contribution in [1.29, 1.82) is 0 Å². The predicted octanol–water partition coefficient (Wildman–Crippen LogP) is 4.27. The number of rotatable bonds is 7. The van der Waals surface area contributed by atoms with Crippen LogP contribution in [0.5, 0.6) is 5.75 Å². The largest absolute Gasteiger partial charge is 0.492 e. The minimum absolute atomic E-state index is 0.200. The zero-order valence-corrected chi connectivity index (χ0v) is 13.4. The molecule has 0 amide bonds. The highest BCUT2D eigenvalue weighted by atomic mass is 35.5. The first-order chi connectivity index (χ1) is 11.1. The van der Waals surface area contributed by atoms with Crippen LogP contribution in [0.4, 0.5) is 5.69 Å². The SMILES string of the molecule is CCCOc1ccc(C=NNc2cccc(C(=O)O)c2)cc1Cl. The van der Waals surface area contributed by atoms with E-state index in [1.54, 1.807) is 30.5 Å². The quantitative estimate of drug-likeness (QED) is 0.586. The molecule has 2 rings (SSSR count). The molecule has 0 fully saturated rings. The summed E-state index contributed by atoms with van der Waals surface area (Å²) in [5, 5.41) is 13.5. The molecule has 6 heteroatoms. The van der Waals surface area contributed by atoms with Crippen LogP contribution in [0.25, 0.3) is 0 Å². The minimum Gasteiger partial charge on any atom is -0.492 e. The van der Waals surface area contributed by atoms with Gasteiger partial charge in [-0.05, 0) is 48.4 Å². The third-order valence-corrected chi connectivity index (χ3v) is 3.23. The lowest BCUT2D eigenvalue weighted by Crippen LogP contribution is -1.98. The number of carboxylic acids is 1. The molecule has 5 nitrogen and oxygen atoms in total. The maximum atomic E-state index is 10.9. The maximum absolute atomic E-state index is 10.9. The number of benzene rings is 2. The van der Waals surface area contributed by atoms with E-state index in [1.807, 2.05) is 13.0 Å². The number of anilines is 1. The van der Waals surface area contributed by atoms with Gasteiger partial charge in [-0.2, -0.15) is 5.10 Å². The van der Waals surface area contributed by atoms with E-state index < -0.39 is 5.97 Å². The standard InChI is InChI=1S/C17H17ClN2O3/c1-2-8-23-16-7-6-12(9-15(16)18)11-19-20-14-5-3-4-13(10-14)17(21)22/h3-7,9-11,20H,2,8H2,1H3,(H,21,22). The van der Waals surface area contributed by atoms with E-state index in [9.17, 15) is 4.79 Å². The van der Waals surface area contributed by atoms with Crippen molar-refractivity contribution in [2.24, 2.45) is 5.10 Å². The second-order valence-electron chi connectivity index (χ2n) is 4.79. The first-order valence-electron chi connectivity index (χ1n) is 7.15. The molecule has 0 saturated heterocycles. The summed E-state index contributed by atoms with van der Waals surface area (Å²) in [4.78, 5) is 10.9. The van der Waals surface area contributed by atoms with E-state index in [-0.39, 0.29) is 5.56 Å². The monoisotopic (exact) mass is 332 g/mol. The fraction of sp³-hybridized carbons (Fsp3) is 0.176. The van der Waals surface area contributed by atoms with Gasteiger partial charge >= 0.3 is 5.97 Å². The Morgan fingerprint density at radius 1 is 1.35 bits per heavy atom. The van der Waals surface area contributed by atoms with Gasteiger partial charge in [0, 0.05) is 0 Å². The van der Waals surface area contributed by atoms with Crippen molar-refractivity contribution in [2.75, 3.05) is 12.0 Å². The number of carboxylic acid groups (broad SMARTS) is 1. The zero-order valence-electron chi connectivity index (χ0n) is 12.6. The summed E-state index contributed by atoms with van der Waals surface area (Å²) in [5.74, 6) is -0.333. The molecule has 0 aliphatic carbocycles. The number of hydrazone groups is 1. The molecule has 0 aliphatic heterocycles. The maximum Gasteiger partial charge on any atom is 0.335 e. The zero-order chi connectivity index (χ0) is 16.7. The lowest BCUT2D eigenvalue weighted by Gasteiger charge is -2.07. The van der Waals surface area contributed by atoms with Gasteiger partial charge in [0.1, 0.15) is 5.75 Å². The molecule has 0 radical (unpaired) electrons. The highest BCUT2D eigenvalue weighted by Gasteiger charge is 2.03. The van der Waals surface area contributed by atoms with Crippen molar-refractivity contribution in [1.82, 2.24) is 0 Å². The van der Waals surface area contributed by atoms with Gasteiger partial charge < -0.3 is 9.84 Å². The lowest BCUT2D eigenvalue weighted by atomic mass is 10.2. The van der Waals surface area contributed by atoms with Crippen molar-refractivity contribution < 1.29 is 14.6 Å². The van der Waals surface area contributed by atoms with Gasteiger partial charge in [0.05, 0.1) is 29.1 Å². The molecule has 0 atom stereocenters. The van der Waals surface area contributed by atoms with Crippen LogP contribution in [0.1, 0.15) is 29.3 Å². The summed E-state index contributed by atoms with van der Waals surface area (Å²) in [6, 6.07) is 11.8. The fourth-order valence-corrected chi connectivity index (χ4v) is 2.07. The Kier molecular flexibility index (Phi) is 6.00. The molecule has 0 unspecified atom stereocenters. The van der Waals surface area contributed by atoms with E-state index >= 15 is 0 Å². The highest BCUT2D eigenvalue weighted by Crippen LogP contribution is 2.25. The number of hydrogen-bond donors (Lipinski definition) is 2. The van der Waals surface area contributed by atoms with E-state index in [1.165, 1.54) is 12.1 Å². The summed E-state index contributed by atoms with van der Waals surface area (Å²) in [6.45, 7) is 2.65. The van der Waals surface area contributed by atoms with Gasteiger partial charge in [0.2, 0.25) is 0 Å². The predicted molar refractivity (Wildman–Crippen MR) is 91.9 cm³/mol. The van der Waals surface area contributed by atoms with Crippen LogP contribution in [-0.2, 0) is 0 Å². The Bertz CT molecular complexity index is 717. The molecular weight excluding hydrogens is 316 g/mol. The number of ether oxygens (including phenoxy) is 1. The van der Waals surface area contributed by atoms with Crippen molar-refractivity contribution in [2.45, 2.75) is 13.3 Å². The number of nitrogens with zero attached hydrogens (tertiary/aromatic N) is 1. The Labute approximate surface area is 139 Å². The normalized spacial score (nSPS) is 10.7. The molecule has 0 aromatic heterocycles. The molecule has 2 aromatic rings. The Hall–Kier alpha value is -2.53. The van der Waals surface area contributed by atoms with Gasteiger partial charge in [0.25, 0.3) is 0 Å². The van der Waals surface area contributed by atoms with Gasteiger partial charge in [-0.25, -0.2) is 4.79 Å². The number of nitrogens with one attached hydrogen (secondary N) is 1. The van der Waals surface area contributed by atoms with Crippen molar-refractivity contribution in [3.05, 3.63) is 58.6 Å². The van der Waals surface area contributed by atoms with Gasteiger partial charge in [0.15, 0.2) is 0 Å². The highest BCUT2D eigenvalue weighted by molar-refractivity contribution is 6.32. The third kappa shape index (κ3) is 5.00. The first-order valence-corrected chi connectivity index (χ1v) is 7.52.